The molecule has 0 fully saturated rings. The van der Waals surface area contributed by atoms with E-state index in [-0.39, 0.29) is 5.97 Å². The molecule has 0 aliphatic rings. The van der Waals surface area contributed by atoms with Gasteiger partial charge in [-0.15, -0.1) is 11.3 Å². The van der Waals surface area contributed by atoms with Crippen LogP contribution in [0.15, 0.2) is 36.2 Å². The van der Waals surface area contributed by atoms with Crippen LogP contribution in [0.3, 0.4) is 0 Å². The predicted octanol–water partition coefficient (Wildman–Crippen LogP) is 3.18. The van der Waals surface area contributed by atoms with E-state index in [2.05, 4.69) is 31.0 Å². The van der Waals surface area contributed by atoms with Gasteiger partial charge in [0.1, 0.15) is 11.8 Å². The van der Waals surface area contributed by atoms with Crippen LogP contribution in [0, 0.1) is 13.8 Å². The summed E-state index contributed by atoms with van der Waals surface area (Å²) in [4.78, 5) is 26.2. The van der Waals surface area contributed by atoms with E-state index in [0.717, 1.165) is 17.9 Å². The summed E-state index contributed by atoms with van der Waals surface area (Å²) in [7, 11) is 0. The maximum absolute atomic E-state index is 12.6. The van der Waals surface area contributed by atoms with Gasteiger partial charge in [0.05, 0.1) is 25.0 Å². The number of aromatic nitrogens is 5. The summed E-state index contributed by atoms with van der Waals surface area (Å²) in [5, 5.41) is 2.06. The number of esters is 1. The van der Waals surface area contributed by atoms with Gasteiger partial charge in [0.2, 0.25) is 0 Å². The van der Waals surface area contributed by atoms with Crippen molar-refractivity contribution in [3.8, 4) is 0 Å². The van der Waals surface area contributed by atoms with Crippen molar-refractivity contribution < 1.29 is 9.53 Å². The third-order valence-corrected chi connectivity index (χ3v) is 5.75. The molecular weight excluding hydrogens is 388 g/mol. The van der Waals surface area contributed by atoms with Gasteiger partial charge in [-0.3, -0.25) is 0 Å². The Bertz CT molecular complexity index is 1150. The Balaban J connectivity index is 1.36. The second-order valence-electron chi connectivity index (χ2n) is 6.81. The van der Waals surface area contributed by atoms with Crippen LogP contribution in [0.25, 0.3) is 11.2 Å². The zero-order valence-electron chi connectivity index (χ0n) is 16.3. The van der Waals surface area contributed by atoms with Crippen LogP contribution in [-0.4, -0.2) is 36.7 Å². The number of nitrogens with two attached hydrogens (primary N) is 1. The fourth-order valence-corrected chi connectivity index (χ4v) is 4.04. The lowest BCUT2D eigenvalue weighted by Gasteiger charge is -2.09. The van der Waals surface area contributed by atoms with Crippen molar-refractivity contribution in [1.29, 1.82) is 0 Å². The number of aryl methyl sites for hydroxylation is 2. The number of carbonyl (C=O) groups excluding carboxylic acids is 1. The SMILES string of the molecule is Cc1cc(C(=O)OCCCn2cnc3c(N)ncnc32)c(C)n1Cc1cccs1. The number of carbonyl (C=O) groups is 1. The number of fused-ring (bicyclic) bond motifs is 1. The minimum Gasteiger partial charge on any atom is -0.462 e. The second-order valence-corrected chi connectivity index (χ2v) is 7.84. The number of anilines is 1. The summed E-state index contributed by atoms with van der Waals surface area (Å²) in [5.41, 5.74) is 9.66. The molecule has 0 radical (unpaired) electrons. The van der Waals surface area contributed by atoms with Crippen molar-refractivity contribution in [3.63, 3.8) is 0 Å². The summed E-state index contributed by atoms with van der Waals surface area (Å²) in [6, 6.07) is 6.03. The van der Waals surface area contributed by atoms with Gasteiger partial charge >= 0.3 is 5.97 Å². The highest BCUT2D eigenvalue weighted by Crippen LogP contribution is 2.20. The molecule has 4 aromatic rings. The fraction of sp³-hybridized carbons (Fsp3) is 0.300. The first-order chi connectivity index (χ1) is 14.0. The Kier molecular flexibility index (Phi) is 5.30. The zero-order chi connectivity index (χ0) is 20.4. The number of rotatable bonds is 7. The molecule has 2 N–H and O–H groups in total. The lowest BCUT2D eigenvalue weighted by atomic mass is 10.2. The van der Waals surface area contributed by atoms with Crippen LogP contribution in [-0.2, 0) is 17.8 Å². The number of ether oxygens (including phenoxy) is 1. The Labute approximate surface area is 172 Å². The molecule has 29 heavy (non-hydrogen) atoms. The number of nitrogen functional groups attached to an aromatic ring is 1. The molecule has 0 saturated carbocycles. The molecular formula is C20H22N6O2S. The van der Waals surface area contributed by atoms with Crippen molar-refractivity contribution in [2.45, 2.75) is 33.4 Å². The van der Waals surface area contributed by atoms with Crippen LogP contribution in [0.4, 0.5) is 5.82 Å². The largest absolute Gasteiger partial charge is 0.462 e. The highest BCUT2D eigenvalue weighted by molar-refractivity contribution is 7.09. The van der Waals surface area contributed by atoms with E-state index >= 15 is 0 Å². The molecule has 150 valence electrons. The number of nitrogens with zero attached hydrogens (tertiary/aromatic N) is 5. The van der Waals surface area contributed by atoms with E-state index in [9.17, 15) is 4.79 Å². The smallest absolute Gasteiger partial charge is 0.339 e. The van der Waals surface area contributed by atoms with Gasteiger partial charge in [-0.1, -0.05) is 6.07 Å². The number of hydrogen-bond donors (Lipinski definition) is 1. The van der Waals surface area contributed by atoms with Crippen molar-refractivity contribution in [3.05, 3.63) is 58.1 Å². The minimum absolute atomic E-state index is 0.294. The maximum atomic E-state index is 12.6. The highest BCUT2D eigenvalue weighted by Gasteiger charge is 2.17. The minimum atomic E-state index is -0.294. The first kappa shape index (κ1) is 19.1. The van der Waals surface area contributed by atoms with E-state index in [1.807, 2.05) is 30.5 Å². The van der Waals surface area contributed by atoms with Crippen molar-refractivity contribution in [2.75, 3.05) is 12.3 Å². The maximum Gasteiger partial charge on any atom is 0.339 e. The summed E-state index contributed by atoms with van der Waals surface area (Å²) in [6.45, 7) is 5.67. The molecule has 0 aromatic carbocycles. The lowest BCUT2D eigenvalue weighted by Crippen LogP contribution is -2.10. The summed E-state index contributed by atoms with van der Waals surface area (Å²) < 4.78 is 9.53. The molecule has 0 amide bonds. The topological polar surface area (TPSA) is 101 Å². The Morgan fingerprint density at radius 2 is 2.14 bits per heavy atom. The molecule has 0 spiro atoms. The van der Waals surface area contributed by atoms with Crippen molar-refractivity contribution >= 4 is 34.3 Å². The Morgan fingerprint density at radius 3 is 2.93 bits per heavy atom. The van der Waals surface area contributed by atoms with Gasteiger partial charge in [0.15, 0.2) is 11.5 Å². The van der Waals surface area contributed by atoms with Crippen LogP contribution >= 0.6 is 11.3 Å². The zero-order valence-corrected chi connectivity index (χ0v) is 17.1. The van der Waals surface area contributed by atoms with E-state index in [1.54, 1.807) is 17.7 Å². The van der Waals surface area contributed by atoms with Gasteiger partial charge in [0.25, 0.3) is 0 Å². The van der Waals surface area contributed by atoms with Crippen LogP contribution in [0.2, 0.25) is 0 Å². The first-order valence-electron chi connectivity index (χ1n) is 9.32. The summed E-state index contributed by atoms with van der Waals surface area (Å²) >= 11 is 1.71. The lowest BCUT2D eigenvalue weighted by molar-refractivity contribution is 0.0495. The Hall–Kier alpha value is -3.20. The molecule has 9 heteroatoms. The molecule has 0 aliphatic carbocycles. The Morgan fingerprint density at radius 1 is 1.28 bits per heavy atom. The second kappa shape index (κ2) is 8.04. The molecule has 0 saturated heterocycles. The van der Waals surface area contributed by atoms with Crippen LogP contribution in [0.1, 0.15) is 33.0 Å². The van der Waals surface area contributed by atoms with E-state index < -0.39 is 0 Å². The molecule has 4 rings (SSSR count). The standard InChI is InChI=1S/C20H22N6O2S/c1-13-9-16(14(2)26(13)10-15-5-3-8-29-15)20(27)28-7-4-6-25-12-24-17-18(21)22-11-23-19(17)25/h3,5,8-9,11-12H,4,6-7,10H2,1-2H3,(H2,21,22,23). The predicted molar refractivity (Wildman–Crippen MR) is 112 cm³/mol. The quantitative estimate of drug-likeness (QED) is 0.371. The average molecular weight is 411 g/mol. The highest BCUT2D eigenvalue weighted by atomic mass is 32.1. The molecule has 4 heterocycles. The van der Waals surface area contributed by atoms with E-state index in [1.165, 1.54) is 11.2 Å². The van der Waals surface area contributed by atoms with E-state index in [4.69, 9.17) is 10.5 Å². The summed E-state index contributed by atoms with van der Waals surface area (Å²) in [5.74, 6) is 0.0654. The molecule has 0 aliphatic heterocycles. The summed E-state index contributed by atoms with van der Waals surface area (Å²) in [6.07, 6.45) is 3.74. The fourth-order valence-electron chi connectivity index (χ4n) is 3.35. The third-order valence-electron chi connectivity index (χ3n) is 4.89. The first-order valence-corrected chi connectivity index (χ1v) is 10.2. The number of hydrogen-bond acceptors (Lipinski definition) is 7. The molecule has 0 bridgehead atoms. The van der Waals surface area contributed by atoms with Gasteiger partial charge in [0, 0.05) is 22.8 Å². The molecule has 8 nitrogen and oxygen atoms in total. The molecule has 0 atom stereocenters. The third kappa shape index (κ3) is 3.86. The van der Waals surface area contributed by atoms with Gasteiger partial charge in [-0.05, 0) is 37.8 Å². The number of thiophene rings is 1. The van der Waals surface area contributed by atoms with E-state index in [0.29, 0.717) is 42.1 Å². The average Bonchev–Trinajstić information content (AvgIpc) is 3.42. The van der Waals surface area contributed by atoms with Crippen LogP contribution < -0.4 is 5.73 Å². The molecule has 4 aromatic heterocycles. The number of imidazole rings is 1. The van der Waals surface area contributed by atoms with Gasteiger partial charge in [-0.2, -0.15) is 0 Å². The molecule has 0 unspecified atom stereocenters. The van der Waals surface area contributed by atoms with Gasteiger partial charge < -0.3 is 19.6 Å². The normalized spacial score (nSPS) is 11.2. The van der Waals surface area contributed by atoms with Crippen LogP contribution in [0.5, 0.6) is 0 Å². The van der Waals surface area contributed by atoms with Crippen molar-refractivity contribution in [2.24, 2.45) is 0 Å². The van der Waals surface area contributed by atoms with Crippen molar-refractivity contribution in [1.82, 2.24) is 24.1 Å². The van der Waals surface area contributed by atoms with Gasteiger partial charge in [-0.25, -0.2) is 19.7 Å². The monoisotopic (exact) mass is 410 g/mol.